The molecule has 0 aromatic heterocycles. The molecule has 0 saturated heterocycles. The highest BCUT2D eigenvalue weighted by Crippen LogP contribution is 2.37. The first kappa shape index (κ1) is 10.8. The molecule has 0 N–H and O–H groups in total. The zero-order valence-corrected chi connectivity index (χ0v) is 9.22. The second-order valence-corrected chi connectivity index (χ2v) is 4.77. The molecule has 3 heteroatoms. The molecule has 0 amide bonds. The van der Waals surface area contributed by atoms with E-state index in [9.17, 15) is 4.79 Å². The number of nitrogens with zero attached hydrogens (tertiary/aromatic N) is 2. The number of rotatable bonds is 1. The molecule has 0 bridgehead atoms. The van der Waals surface area contributed by atoms with Gasteiger partial charge in [0.25, 0.3) is 0 Å². The molecule has 1 aliphatic carbocycles. The molecule has 0 aromatic rings. The fourth-order valence-corrected chi connectivity index (χ4v) is 1.80. The quantitative estimate of drug-likeness (QED) is 0.635. The van der Waals surface area contributed by atoms with E-state index >= 15 is 0 Å². The molecule has 76 valence electrons. The van der Waals surface area contributed by atoms with Gasteiger partial charge in [0.05, 0.1) is 0 Å². The first-order chi connectivity index (χ1) is 6.37. The second kappa shape index (κ2) is 3.45. The van der Waals surface area contributed by atoms with Crippen LogP contribution in [0.5, 0.6) is 0 Å². The minimum absolute atomic E-state index is 0.0168. The second-order valence-electron chi connectivity index (χ2n) is 4.77. The van der Waals surface area contributed by atoms with Gasteiger partial charge in [-0.2, -0.15) is 5.26 Å². The van der Waals surface area contributed by atoms with Crippen LogP contribution < -0.4 is 0 Å². The van der Waals surface area contributed by atoms with Gasteiger partial charge < -0.3 is 4.90 Å². The highest BCUT2D eigenvalue weighted by Gasteiger charge is 2.33. The zero-order chi connectivity index (χ0) is 10.9. The maximum atomic E-state index is 11.6. The Kier molecular flexibility index (Phi) is 2.66. The van der Waals surface area contributed by atoms with Crippen LogP contribution in [0, 0.1) is 16.7 Å². The molecule has 0 radical (unpaired) electrons. The van der Waals surface area contributed by atoms with Crippen LogP contribution in [0.4, 0.5) is 0 Å². The Bertz CT molecular complexity index is 332. The summed E-state index contributed by atoms with van der Waals surface area (Å²) < 4.78 is 0. The van der Waals surface area contributed by atoms with Crippen LogP contribution in [0.3, 0.4) is 0 Å². The maximum absolute atomic E-state index is 11.6. The number of hydrogen-bond acceptors (Lipinski definition) is 3. The molecular weight excluding hydrogens is 176 g/mol. The number of carbonyl (C=O) groups excluding carboxylic acids is 1. The maximum Gasteiger partial charge on any atom is 0.175 e. The van der Waals surface area contributed by atoms with E-state index in [0.29, 0.717) is 12.0 Å². The van der Waals surface area contributed by atoms with Crippen molar-refractivity contribution in [3.63, 3.8) is 0 Å². The van der Waals surface area contributed by atoms with Crippen LogP contribution in [0.2, 0.25) is 0 Å². The van der Waals surface area contributed by atoms with Crippen LogP contribution in [-0.4, -0.2) is 24.8 Å². The topological polar surface area (TPSA) is 44.1 Å². The molecule has 1 aliphatic rings. The van der Waals surface area contributed by atoms with Gasteiger partial charge >= 0.3 is 0 Å². The molecule has 0 atom stereocenters. The minimum atomic E-state index is -0.0209. The smallest absolute Gasteiger partial charge is 0.175 e. The zero-order valence-electron chi connectivity index (χ0n) is 9.22. The van der Waals surface area contributed by atoms with Gasteiger partial charge in [-0.3, -0.25) is 4.79 Å². The van der Waals surface area contributed by atoms with Crippen molar-refractivity contribution < 1.29 is 4.79 Å². The average molecular weight is 192 g/mol. The summed E-state index contributed by atoms with van der Waals surface area (Å²) in [5.74, 6) is -0.0209. The Labute approximate surface area is 85.0 Å². The van der Waals surface area contributed by atoms with Crippen molar-refractivity contribution in [1.82, 2.24) is 4.90 Å². The largest absolute Gasteiger partial charge is 0.380 e. The summed E-state index contributed by atoms with van der Waals surface area (Å²) >= 11 is 0. The van der Waals surface area contributed by atoms with E-state index in [0.717, 1.165) is 12.1 Å². The summed E-state index contributed by atoms with van der Waals surface area (Å²) in [6.45, 7) is 4.12. The lowest BCUT2D eigenvalue weighted by Crippen LogP contribution is -2.30. The molecule has 1 rings (SSSR count). The standard InChI is InChI=1S/C11H16N2O/c1-11(2)5-9(13(3)4)8(7-12)10(14)6-11/h5-6H2,1-4H3. The van der Waals surface area contributed by atoms with Crippen LogP contribution in [0.1, 0.15) is 26.7 Å². The van der Waals surface area contributed by atoms with Crippen LogP contribution in [0.25, 0.3) is 0 Å². The fraction of sp³-hybridized carbons (Fsp3) is 0.636. The summed E-state index contributed by atoms with van der Waals surface area (Å²) in [5.41, 5.74) is 1.19. The van der Waals surface area contributed by atoms with Gasteiger partial charge in [0.15, 0.2) is 5.78 Å². The van der Waals surface area contributed by atoms with Crippen molar-refractivity contribution in [2.45, 2.75) is 26.7 Å². The molecular formula is C11H16N2O. The van der Waals surface area contributed by atoms with Crippen molar-refractivity contribution in [3.05, 3.63) is 11.3 Å². The van der Waals surface area contributed by atoms with Gasteiger partial charge in [-0.15, -0.1) is 0 Å². The van der Waals surface area contributed by atoms with Crippen molar-refractivity contribution >= 4 is 5.78 Å². The van der Waals surface area contributed by atoms with Crippen LogP contribution in [0.15, 0.2) is 11.3 Å². The summed E-state index contributed by atoms with van der Waals surface area (Å²) in [7, 11) is 3.75. The number of hydrogen-bond donors (Lipinski definition) is 0. The van der Waals surface area contributed by atoms with E-state index in [2.05, 4.69) is 13.8 Å². The molecule has 0 aliphatic heterocycles. The molecule has 0 saturated carbocycles. The molecule has 3 nitrogen and oxygen atoms in total. The van der Waals surface area contributed by atoms with Crippen molar-refractivity contribution in [3.8, 4) is 6.07 Å². The van der Waals surface area contributed by atoms with E-state index in [1.807, 2.05) is 25.1 Å². The number of ketones is 1. The van der Waals surface area contributed by atoms with Crippen molar-refractivity contribution in [1.29, 1.82) is 5.26 Å². The minimum Gasteiger partial charge on any atom is -0.380 e. The van der Waals surface area contributed by atoms with Crippen molar-refractivity contribution in [2.75, 3.05) is 14.1 Å². The van der Waals surface area contributed by atoms with Gasteiger partial charge in [0.1, 0.15) is 11.6 Å². The number of allylic oxidation sites excluding steroid dienone is 2. The first-order valence-electron chi connectivity index (χ1n) is 4.71. The highest BCUT2D eigenvalue weighted by atomic mass is 16.1. The van der Waals surface area contributed by atoms with Crippen molar-refractivity contribution in [2.24, 2.45) is 5.41 Å². The Morgan fingerprint density at radius 3 is 2.36 bits per heavy atom. The van der Waals surface area contributed by atoms with Gasteiger partial charge in [-0.1, -0.05) is 13.8 Å². The van der Waals surface area contributed by atoms with E-state index in [1.54, 1.807) is 0 Å². The van der Waals surface area contributed by atoms with E-state index in [1.165, 1.54) is 0 Å². The Morgan fingerprint density at radius 2 is 1.93 bits per heavy atom. The lowest BCUT2D eigenvalue weighted by atomic mass is 9.76. The van der Waals surface area contributed by atoms with E-state index < -0.39 is 0 Å². The van der Waals surface area contributed by atoms with E-state index in [4.69, 9.17) is 5.26 Å². The predicted octanol–water partition coefficient (Wildman–Crippen LogP) is 1.71. The third-order valence-corrected chi connectivity index (χ3v) is 2.50. The van der Waals surface area contributed by atoms with Crippen LogP contribution in [-0.2, 0) is 4.79 Å². The van der Waals surface area contributed by atoms with Gasteiger partial charge in [-0.25, -0.2) is 0 Å². The monoisotopic (exact) mass is 192 g/mol. The van der Waals surface area contributed by atoms with Gasteiger partial charge in [0.2, 0.25) is 0 Å². The summed E-state index contributed by atoms with van der Waals surface area (Å²) in [4.78, 5) is 13.5. The molecule has 0 fully saturated rings. The lowest BCUT2D eigenvalue weighted by Gasteiger charge is -2.33. The third kappa shape index (κ3) is 1.95. The average Bonchev–Trinajstić information content (AvgIpc) is 2.01. The molecule has 0 aromatic carbocycles. The molecule has 0 spiro atoms. The Hall–Kier alpha value is -1.30. The number of nitriles is 1. The molecule has 0 heterocycles. The third-order valence-electron chi connectivity index (χ3n) is 2.50. The fourth-order valence-electron chi connectivity index (χ4n) is 1.80. The Morgan fingerprint density at radius 1 is 1.36 bits per heavy atom. The normalized spacial score (nSPS) is 20.6. The van der Waals surface area contributed by atoms with Crippen LogP contribution >= 0.6 is 0 Å². The lowest BCUT2D eigenvalue weighted by molar-refractivity contribution is -0.117. The van der Waals surface area contributed by atoms with E-state index in [-0.39, 0.29) is 11.2 Å². The summed E-state index contributed by atoms with van der Waals surface area (Å²) in [5, 5.41) is 8.90. The summed E-state index contributed by atoms with van der Waals surface area (Å²) in [6.07, 6.45) is 1.28. The predicted molar refractivity (Wildman–Crippen MR) is 54.3 cm³/mol. The molecule has 14 heavy (non-hydrogen) atoms. The van der Waals surface area contributed by atoms with Gasteiger partial charge in [-0.05, 0) is 11.8 Å². The molecule has 0 unspecified atom stereocenters. The number of Topliss-reactive ketones (excluding diaryl/α,β-unsaturated/α-hetero) is 1. The highest BCUT2D eigenvalue weighted by molar-refractivity contribution is 6.00. The first-order valence-corrected chi connectivity index (χ1v) is 4.71. The number of carbonyl (C=O) groups is 1. The van der Waals surface area contributed by atoms with Gasteiger partial charge in [0, 0.05) is 26.2 Å². The summed E-state index contributed by atoms with van der Waals surface area (Å²) in [6, 6.07) is 2.01. The SMILES string of the molecule is CN(C)C1=C(C#N)C(=O)CC(C)(C)C1. The Balaban J connectivity index is 3.17.